The molecule has 0 aliphatic heterocycles. The van der Waals surface area contributed by atoms with E-state index >= 15 is 0 Å². The molecule has 3 aromatic heterocycles. The molecule has 2 aromatic carbocycles. The van der Waals surface area contributed by atoms with Gasteiger partial charge in [-0.15, -0.1) is 0 Å². The van der Waals surface area contributed by atoms with E-state index in [1.165, 1.54) is 0 Å². The molecule has 0 radical (unpaired) electrons. The lowest BCUT2D eigenvalue weighted by Gasteiger charge is -2.13. The van der Waals surface area contributed by atoms with Crippen molar-refractivity contribution in [3.05, 3.63) is 106 Å². The van der Waals surface area contributed by atoms with Crippen LogP contribution in [0, 0.1) is 0 Å². The maximum absolute atomic E-state index is 13.1. The van der Waals surface area contributed by atoms with E-state index in [0.717, 1.165) is 16.6 Å². The van der Waals surface area contributed by atoms with E-state index in [4.69, 9.17) is 9.47 Å². The molecule has 5 rings (SSSR count). The predicted molar refractivity (Wildman–Crippen MR) is 133 cm³/mol. The van der Waals surface area contributed by atoms with Gasteiger partial charge in [-0.1, -0.05) is 12.1 Å². The molecule has 5 aromatic rings. The van der Waals surface area contributed by atoms with Crippen LogP contribution in [0.2, 0.25) is 0 Å². The summed E-state index contributed by atoms with van der Waals surface area (Å²) in [5.41, 5.74) is 4.17. The Balaban J connectivity index is 1.35. The zero-order valence-corrected chi connectivity index (χ0v) is 19.4. The molecular formula is C27H24N4O4. The quantitative estimate of drug-likeness (QED) is 0.394. The summed E-state index contributed by atoms with van der Waals surface area (Å²) in [5.74, 6) is 1.16. The van der Waals surface area contributed by atoms with Crippen LogP contribution in [0.4, 0.5) is 0 Å². The average molecular weight is 469 g/mol. The molecule has 0 fully saturated rings. The molecule has 176 valence electrons. The summed E-state index contributed by atoms with van der Waals surface area (Å²) >= 11 is 0. The van der Waals surface area contributed by atoms with Crippen LogP contribution in [0.3, 0.4) is 0 Å². The molecule has 0 atom stereocenters. The third-order valence-corrected chi connectivity index (χ3v) is 5.98. The van der Waals surface area contributed by atoms with Gasteiger partial charge in [0.25, 0.3) is 11.5 Å². The van der Waals surface area contributed by atoms with Crippen molar-refractivity contribution in [1.82, 2.24) is 19.3 Å². The highest BCUT2D eigenvalue weighted by Gasteiger charge is 2.13. The number of methoxy groups -OCH3 is 2. The zero-order valence-electron chi connectivity index (χ0n) is 19.4. The summed E-state index contributed by atoms with van der Waals surface area (Å²) < 4.78 is 14.2. The maximum atomic E-state index is 13.1. The topological polar surface area (TPSA) is 86.9 Å². The first-order valence-electron chi connectivity index (χ1n) is 11.1. The van der Waals surface area contributed by atoms with Crippen molar-refractivity contribution in [3.63, 3.8) is 0 Å². The molecule has 0 aliphatic rings. The van der Waals surface area contributed by atoms with Gasteiger partial charge in [-0.05, 0) is 60.2 Å². The van der Waals surface area contributed by atoms with E-state index in [9.17, 15) is 9.59 Å². The van der Waals surface area contributed by atoms with Gasteiger partial charge in [-0.2, -0.15) is 0 Å². The Kier molecular flexibility index (Phi) is 5.93. The molecule has 8 heteroatoms. The highest BCUT2D eigenvalue weighted by atomic mass is 16.5. The van der Waals surface area contributed by atoms with Crippen LogP contribution in [0.15, 0.2) is 83.9 Å². The number of amides is 1. The van der Waals surface area contributed by atoms with Crippen LogP contribution in [0.25, 0.3) is 16.7 Å². The Morgan fingerprint density at radius 1 is 0.971 bits per heavy atom. The van der Waals surface area contributed by atoms with E-state index in [1.807, 2.05) is 47.0 Å². The highest BCUT2D eigenvalue weighted by molar-refractivity contribution is 5.94. The number of nitrogens with zero attached hydrogens (tertiary/aromatic N) is 3. The number of carbonyl (C=O) groups is 1. The standard InChI is InChI=1S/C27H24N4O4/c1-34-21-11-12-24(35-2)20(15-21)16-29-26(32)19-9-7-18(8-10-19)17-31-25-22(5-3-13-28-25)30-14-4-6-23(30)27(31)33/h3-15H,16-17H2,1-2H3,(H,29,32). The van der Waals surface area contributed by atoms with Crippen molar-refractivity contribution >= 4 is 22.6 Å². The van der Waals surface area contributed by atoms with Crippen LogP contribution in [-0.2, 0) is 13.1 Å². The Bertz CT molecular complexity index is 1590. The molecule has 0 aliphatic carbocycles. The molecule has 0 saturated carbocycles. The van der Waals surface area contributed by atoms with Crippen LogP contribution < -0.4 is 20.3 Å². The number of hydrogen-bond acceptors (Lipinski definition) is 5. The van der Waals surface area contributed by atoms with Crippen LogP contribution in [-0.4, -0.2) is 34.1 Å². The fraction of sp³-hybridized carbons (Fsp3) is 0.148. The molecule has 0 unspecified atom stereocenters. The molecule has 0 bridgehead atoms. The summed E-state index contributed by atoms with van der Waals surface area (Å²) in [6.07, 6.45) is 3.54. The van der Waals surface area contributed by atoms with Gasteiger partial charge in [0.1, 0.15) is 17.0 Å². The lowest BCUT2D eigenvalue weighted by Crippen LogP contribution is -2.24. The first-order chi connectivity index (χ1) is 17.1. The van der Waals surface area contributed by atoms with Gasteiger partial charge in [0.05, 0.1) is 26.3 Å². The molecular weight excluding hydrogens is 444 g/mol. The highest BCUT2D eigenvalue weighted by Crippen LogP contribution is 2.24. The predicted octanol–water partition coefficient (Wildman–Crippen LogP) is 3.64. The molecule has 3 heterocycles. The van der Waals surface area contributed by atoms with E-state index in [-0.39, 0.29) is 11.5 Å². The van der Waals surface area contributed by atoms with Crippen LogP contribution in [0.5, 0.6) is 11.5 Å². The van der Waals surface area contributed by atoms with Crippen molar-refractivity contribution in [3.8, 4) is 11.5 Å². The van der Waals surface area contributed by atoms with Crippen molar-refractivity contribution in [1.29, 1.82) is 0 Å². The van der Waals surface area contributed by atoms with Gasteiger partial charge in [-0.3, -0.25) is 14.2 Å². The number of fused-ring (bicyclic) bond motifs is 3. The Morgan fingerprint density at radius 3 is 2.54 bits per heavy atom. The average Bonchev–Trinajstić information content (AvgIpc) is 3.40. The second kappa shape index (κ2) is 9.34. The van der Waals surface area contributed by atoms with Crippen LogP contribution >= 0.6 is 0 Å². The molecule has 0 saturated heterocycles. The number of nitrogens with one attached hydrogen (secondary N) is 1. The van der Waals surface area contributed by atoms with Crippen molar-refractivity contribution < 1.29 is 14.3 Å². The number of carbonyl (C=O) groups excluding carboxylic acids is 1. The first kappa shape index (κ1) is 22.2. The maximum Gasteiger partial charge on any atom is 0.276 e. The minimum atomic E-state index is -0.208. The largest absolute Gasteiger partial charge is 0.497 e. The second-order valence-electron chi connectivity index (χ2n) is 8.06. The Morgan fingerprint density at radius 2 is 1.77 bits per heavy atom. The molecule has 8 nitrogen and oxygen atoms in total. The fourth-order valence-corrected chi connectivity index (χ4v) is 4.17. The van der Waals surface area contributed by atoms with Gasteiger partial charge < -0.3 is 19.2 Å². The summed E-state index contributed by atoms with van der Waals surface area (Å²) in [4.78, 5) is 30.3. The molecule has 0 spiro atoms. The second-order valence-corrected chi connectivity index (χ2v) is 8.06. The molecule has 1 amide bonds. The van der Waals surface area contributed by atoms with E-state index in [0.29, 0.717) is 41.3 Å². The van der Waals surface area contributed by atoms with E-state index < -0.39 is 0 Å². The number of aromatic nitrogens is 3. The van der Waals surface area contributed by atoms with Crippen molar-refractivity contribution in [2.75, 3.05) is 14.2 Å². The number of pyridine rings is 1. The minimum Gasteiger partial charge on any atom is -0.497 e. The van der Waals surface area contributed by atoms with E-state index in [2.05, 4.69) is 10.3 Å². The minimum absolute atomic E-state index is 0.116. The third-order valence-electron chi connectivity index (χ3n) is 5.98. The van der Waals surface area contributed by atoms with Gasteiger partial charge in [0.2, 0.25) is 0 Å². The SMILES string of the molecule is COc1ccc(OC)c(CNC(=O)c2ccc(Cn3c(=O)c4cccn4c4cccnc43)cc2)c1. The normalized spacial score (nSPS) is 11.0. The number of ether oxygens (including phenoxy) is 2. The van der Waals surface area contributed by atoms with Crippen molar-refractivity contribution in [2.45, 2.75) is 13.1 Å². The van der Waals surface area contributed by atoms with Gasteiger partial charge in [0, 0.05) is 30.1 Å². The summed E-state index contributed by atoms with van der Waals surface area (Å²) in [6, 6.07) is 20.1. The van der Waals surface area contributed by atoms with Gasteiger partial charge in [-0.25, -0.2) is 4.98 Å². The van der Waals surface area contributed by atoms with Crippen molar-refractivity contribution in [2.24, 2.45) is 0 Å². The first-order valence-corrected chi connectivity index (χ1v) is 11.1. The van der Waals surface area contributed by atoms with Crippen LogP contribution in [0.1, 0.15) is 21.5 Å². The smallest absolute Gasteiger partial charge is 0.276 e. The fourth-order valence-electron chi connectivity index (χ4n) is 4.17. The summed E-state index contributed by atoms with van der Waals surface area (Å²) in [5, 5.41) is 2.92. The zero-order chi connectivity index (χ0) is 24.4. The van der Waals surface area contributed by atoms with Gasteiger partial charge >= 0.3 is 0 Å². The monoisotopic (exact) mass is 468 g/mol. The number of benzene rings is 2. The Hall–Kier alpha value is -4.59. The number of hydrogen-bond donors (Lipinski definition) is 1. The molecule has 35 heavy (non-hydrogen) atoms. The number of rotatable bonds is 7. The summed E-state index contributed by atoms with van der Waals surface area (Å²) in [7, 11) is 3.18. The third kappa shape index (κ3) is 4.21. The summed E-state index contributed by atoms with van der Waals surface area (Å²) in [6.45, 7) is 0.641. The Labute approximate surface area is 201 Å². The van der Waals surface area contributed by atoms with E-state index in [1.54, 1.807) is 55.3 Å². The lowest BCUT2D eigenvalue weighted by molar-refractivity contribution is 0.0950. The van der Waals surface area contributed by atoms with Gasteiger partial charge in [0.15, 0.2) is 5.65 Å². The lowest BCUT2D eigenvalue weighted by atomic mass is 10.1. The molecule has 1 N–H and O–H groups in total.